The summed E-state index contributed by atoms with van der Waals surface area (Å²) in [6.07, 6.45) is 0.636. The van der Waals surface area contributed by atoms with E-state index in [0.29, 0.717) is 6.42 Å². The fourth-order valence-corrected chi connectivity index (χ4v) is 2.34. The number of nitrogens with zero attached hydrogens (tertiary/aromatic N) is 1. The van der Waals surface area contributed by atoms with Crippen LogP contribution in [0.5, 0.6) is 0 Å². The minimum atomic E-state index is -0.421. The third-order valence-electron chi connectivity index (χ3n) is 3.40. The van der Waals surface area contributed by atoms with Gasteiger partial charge >= 0.3 is 0 Å². The van der Waals surface area contributed by atoms with Gasteiger partial charge in [0.15, 0.2) is 0 Å². The summed E-state index contributed by atoms with van der Waals surface area (Å²) in [5.74, 6) is -0.256. The molecule has 0 saturated heterocycles. The number of halogens is 1. The second-order valence-electron chi connectivity index (χ2n) is 5.03. The molecule has 2 aromatic carbocycles. The van der Waals surface area contributed by atoms with E-state index < -0.39 is 4.92 Å². The largest absolute Gasteiger partial charge is 0.313 e. The Morgan fingerprint density at radius 1 is 1.24 bits per heavy atom. The van der Waals surface area contributed by atoms with Crippen LogP contribution in [0.4, 0.5) is 10.1 Å². The minimum Gasteiger partial charge on any atom is -0.313 e. The number of nitrogens with one attached hydrogen (secondary N) is 1. The lowest BCUT2D eigenvalue weighted by molar-refractivity contribution is -0.384. The van der Waals surface area contributed by atoms with Gasteiger partial charge in [-0.05, 0) is 49.2 Å². The van der Waals surface area contributed by atoms with Crippen LogP contribution in [0, 0.1) is 22.9 Å². The van der Waals surface area contributed by atoms with Crippen LogP contribution in [-0.2, 0) is 6.42 Å². The first-order valence-electron chi connectivity index (χ1n) is 6.67. The smallest absolute Gasteiger partial charge is 0.269 e. The van der Waals surface area contributed by atoms with E-state index in [4.69, 9.17) is 0 Å². The molecule has 1 atom stereocenters. The molecular formula is C16H17FN2O2. The minimum absolute atomic E-state index is 0.0409. The zero-order valence-electron chi connectivity index (χ0n) is 12.0. The molecule has 0 spiro atoms. The number of aryl methyl sites for hydroxylation is 1. The average molecular weight is 288 g/mol. The highest BCUT2D eigenvalue weighted by Gasteiger charge is 2.13. The van der Waals surface area contributed by atoms with Crippen molar-refractivity contribution in [3.8, 4) is 0 Å². The molecule has 0 amide bonds. The third kappa shape index (κ3) is 3.86. The molecule has 0 bridgehead atoms. The molecule has 5 heteroatoms. The lowest BCUT2D eigenvalue weighted by Crippen LogP contribution is -2.19. The zero-order chi connectivity index (χ0) is 15.4. The van der Waals surface area contributed by atoms with Gasteiger partial charge in [-0.25, -0.2) is 4.39 Å². The van der Waals surface area contributed by atoms with Crippen molar-refractivity contribution in [1.82, 2.24) is 5.32 Å². The van der Waals surface area contributed by atoms with E-state index in [2.05, 4.69) is 5.32 Å². The third-order valence-corrected chi connectivity index (χ3v) is 3.40. The average Bonchev–Trinajstić information content (AvgIpc) is 2.44. The topological polar surface area (TPSA) is 55.2 Å². The fourth-order valence-electron chi connectivity index (χ4n) is 2.34. The Morgan fingerprint density at radius 2 is 1.90 bits per heavy atom. The van der Waals surface area contributed by atoms with Crippen molar-refractivity contribution in [3.63, 3.8) is 0 Å². The number of benzene rings is 2. The Labute approximate surface area is 122 Å². The quantitative estimate of drug-likeness (QED) is 0.676. The summed E-state index contributed by atoms with van der Waals surface area (Å²) in [4.78, 5) is 10.2. The maximum Gasteiger partial charge on any atom is 0.269 e. The summed E-state index contributed by atoms with van der Waals surface area (Å²) in [6.45, 7) is 1.85. The van der Waals surface area contributed by atoms with Gasteiger partial charge in [0.05, 0.1) is 4.92 Å². The summed E-state index contributed by atoms with van der Waals surface area (Å²) < 4.78 is 13.5. The van der Waals surface area contributed by atoms with Crippen molar-refractivity contribution in [2.24, 2.45) is 0 Å². The second-order valence-corrected chi connectivity index (χ2v) is 5.03. The van der Waals surface area contributed by atoms with Crippen molar-refractivity contribution in [1.29, 1.82) is 0 Å². The normalized spacial score (nSPS) is 12.1. The lowest BCUT2D eigenvalue weighted by atomic mass is 9.97. The van der Waals surface area contributed by atoms with Gasteiger partial charge in [-0.15, -0.1) is 0 Å². The first-order valence-corrected chi connectivity index (χ1v) is 6.67. The van der Waals surface area contributed by atoms with Gasteiger partial charge in [-0.3, -0.25) is 10.1 Å². The monoisotopic (exact) mass is 288 g/mol. The highest BCUT2D eigenvalue weighted by Crippen LogP contribution is 2.22. The predicted molar refractivity (Wildman–Crippen MR) is 79.7 cm³/mol. The molecule has 2 aromatic rings. The van der Waals surface area contributed by atoms with Gasteiger partial charge in [-0.2, -0.15) is 0 Å². The van der Waals surface area contributed by atoms with E-state index in [-0.39, 0.29) is 17.5 Å². The van der Waals surface area contributed by atoms with E-state index in [1.165, 1.54) is 24.3 Å². The molecule has 110 valence electrons. The first-order chi connectivity index (χ1) is 9.99. The van der Waals surface area contributed by atoms with Crippen LogP contribution in [0.3, 0.4) is 0 Å². The molecule has 2 rings (SSSR count). The molecule has 0 aliphatic carbocycles. The molecule has 4 nitrogen and oxygen atoms in total. The van der Waals surface area contributed by atoms with Crippen LogP contribution in [0.1, 0.15) is 22.7 Å². The van der Waals surface area contributed by atoms with Crippen molar-refractivity contribution in [2.45, 2.75) is 19.4 Å². The molecule has 0 aliphatic rings. The molecule has 0 heterocycles. The zero-order valence-corrected chi connectivity index (χ0v) is 12.0. The Bertz CT molecular complexity index is 621. The van der Waals surface area contributed by atoms with E-state index in [1.807, 2.05) is 20.0 Å². The Hall–Kier alpha value is -2.27. The molecule has 1 unspecified atom stereocenters. The van der Waals surface area contributed by atoms with E-state index in [0.717, 1.165) is 16.7 Å². The number of rotatable bonds is 5. The number of nitro groups is 1. The molecule has 21 heavy (non-hydrogen) atoms. The van der Waals surface area contributed by atoms with E-state index >= 15 is 0 Å². The summed E-state index contributed by atoms with van der Waals surface area (Å²) in [7, 11) is 1.82. The van der Waals surface area contributed by atoms with Gasteiger partial charge in [-0.1, -0.05) is 18.2 Å². The number of likely N-dealkylation sites (N-methyl/N-ethyl adjacent to an activating group) is 1. The Kier molecular flexibility index (Phi) is 4.65. The van der Waals surface area contributed by atoms with E-state index in [1.54, 1.807) is 12.1 Å². The highest BCUT2D eigenvalue weighted by atomic mass is 19.1. The molecule has 0 aliphatic heterocycles. The number of hydrogen-bond acceptors (Lipinski definition) is 3. The van der Waals surface area contributed by atoms with Crippen molar-refractivity contribution >= 4 is 5.69 Å². The van der Waals surface area contributed by atoms with Crippen molar-refractivity contribution in [2.75, 3.05) is 7.05 Å². The van der Waals surface area contributed by atoms with Crippen LogP contribution in [0.25, 0.3) is 0 Å². The fraction of sp³-hybridized carbons (Fsp3) is 0.250. The van der Waals surface area contributed by atoms with Crippen molar-refractivity contribution in [3.05, 3.63) is 75.1 Å². The standard InChI is InChI=1S/C16H17FN2O2/c1-11-7-13(10-14(17)8-11)16(18-2)9-12-3-5-15(6-4-12)19(20)21/h3-8,10,16,18H,9H2,1-2H3. The first kappa shape index (κ1) is 15.1. The predicted octanol–water partition coefficient (Wildman–Crippen LogP) is 3.55. The number of nitro benzene ring substituents is 1. The van der Waals surface area contributed by atoms with Crippen LogP contribution >= 0.6 is 0 Å². The molecule has 0 aromatic heterocycles. The summed E-state index contributed by atoms with van der Waals surface area (Å²) >= 11 is 0. The SMILES string of the molecule is CNC(Cc1ccc([N+](=O)[O-])cc1)c1cc(C)cc(F)c1. The summed E-state index contributed by atoms with van der Waals surface area (Å²) in [5.41, 5.74) is 2.77. The lowest BCUT2D eigenvalue weighted by Gasteiger charge is -2.17. The summed E-state index contributed by atoms with van der Waals surface area (Å²) in [6, 6.07) is 11.3. The van der Waals surface area contributed by atoms with Gasteiger partial charge in [0.2, 0.25) is 0 Å². The van der Waals surface area contributed by atoms with Crippen LogP contribution < -0.4 is 5.32 Å². The molecule has 1 N–H and O–H groups in total. The Balaban J connectivity index is 2.20. The van der Waals surface area contributed by atoms with Gasteiger partial charge in [0, 0.05) is 18.2 Å². The number of non-ortho nitro benzene ring substituents is 1. The highest BCUT2D eigenvalue weighted by molar-refractivity contribution is 5.34. The maximum absolute atomic E-state index is 13.5. The second kappa shape index (κ2) is 6.45. The van der Waals surface area contributed by atoms with Crippen LogP contribution in [0.15, 0.2) is 42.5 Å². The summed E-state index contributed by atoms with van der Waals surface area (Å²) in [5, 5.41) is 13.8. The Morgan fingerprint density at radius 3 is 2.43 bits per heavy atom. The van der Waals surface area contributed by atoms with Gasteiger partial charge in [0.1, 0.15) is 5.82 Å². The van der Waals surface area contributed by atoms with Gasteiger partial charge in [0.25, 0.3) is 5.69 Å². The molecule has 0 radical (unpaired) electrons. The van der Waals surface area contributed by atoms with Crippen molar-refractivity contribution < 1.29 is 9.31 Å². The molecule has 0 saturated carbocycles. The van der Waals surface area contributed by atoms with Crippen LogP contribution in [-0.4, -0.2) is 12.0 Å². The van der Waals surface area contributed by atoms with Gasteiger partial charge < -0.3 is 5.32 Å². The maximum atomic E-state index is 13.5. The van der Waals surface area contributed by atoms with Crippen LogP contribution in [0.2, 0.25) is 0 Å². The molecular weight excluding hydrogens is 271 g/mol. The van der Waals surface area contributed by atoms with E-state index in [9.17, 15) is 14.5 Å². The molecule has 0 fully saturated rings. The number of hydrogen-bond donors (Lipinski definition) is 1.